The molecule has 0 aromatic rings. The Bertz CT molecular complexity index is 254. The molecule has 1 fully saturated rings. The third-order valence-electron chi connectivity index (χ3n) is 2.87. The third-order valence-corrected chi connectivity index (χ3v) is 2.87. The zero-order valence-electron chi connectivity index (χ0n) is 8.82. The van der Waals surface area contributed by atoms with E-state index in [-0.39, 0.29) is 18.9 Å². The van der Waals surface area contributed by atoms with Crippen LogP contribution >= 0.6 is 0 Å². The number of hydroxylamine groups is 2. The highest BCUT2D eigenvalue weighted by Crippen LogP contribution is 2.35. The predicted molar refractivity (Wildman–Crippen MR) is 51.0 cm³/mol. The molecule has 4 N–H and O–H groups in total. The lowest BCUT2D eigenvalue weighted by atomic mass is 9.76. The molecule has 0 aromatic carbocycles. The van der Waals surface area contributed by atoms with Crippen molar-refractivity contribution in [3.8, 4) is 0 Å². The molecule has 5 heteroatoms. The molecule has 82 valence electrons. The molecule has 0 amide bonds. The number of nitrogens with two attached hydrogens (primary N) is 1. The van der Waals surface area contributed by atoms with Crippen LogP contribution in [0.15, 0.2) is 0 Å². The summed E-state index contributed by atoms with van der Waals surface area (Å²) in [6, 6.07) is -0.236. The number of hydrogen-bond donors (Lipinski definition) is 3. The van der Waals surface area contributed by atoms with E-state index in [1.54, 1.807) is 20.8 Å². The van der Waals surface area contributed by atoms with Gasteiger partial charge >= 0.3 is 5.97 Å². The van der Waals surface area contributed by atoms with E-state index in [1.165, 1.54) is 5.06 Å². The van der Waals surface area contributed by atoms with Gasteiger partial charge in [-0.2, -0.15) is 5.06 Å². The van der Waals surface area contributed by atoms with Gasteiger partial charge in [-0.25, -0.2) is 0 Å². The maximum Gasteiger partial charge on any atom is 0.323 e. The molecule has 5 nitrogen and oxygen atoms in total. The summed E-state index contributed by atoms with van der Waals surface area (Å²) >= 11 is 0. The summed E-state index contributed by atoms with van der Waals surface area (Å²) < 4.78 is 0. The first-order valence-corrected chi connectivity index (χ1v) is 4.69. The Labute approximate surface area is 83.5 Å². The first-order chi connectivity index (χ1) is 6.19. The second kappa shape index (κ2) is 3.18. The molecule has 2 atom stereocenters. The van der Waals surface area contributed by atoms with Crippen molar-refractivity contribution in [3.63, 3.8) is 0 Å². The largest absolute Gasteiger partial charge is 0.480 e. The minimum absolute atomic E-state index is 0.236. The molecule has 14 heavy (non-hydrogen) atoms. The Morgan fingerprint density at radius 3 is 2.43 bits per heavy atom. The molecule has 0 saturated carbocycles. The van der Waals surface area contributed by atoms with E-state index in [9.17, 15) is 10.0 Å². The van der Waals surface area contributed by atoms with E-state index in [0.717, 1.165) is 0 Å². The number of aliphatic carboxylic acids is 1. The fraction of sp³-hybridized carbons (Fsp3) is 0.889. The molecule has 0 aliphatic carbocycles. The van der Waals surface area contributed by atoms with Crippen molar-refractivity contribution in [2.24, 2.45) is 5.73 Å². The fourth-order valence-electron chi connectivity index (χ4n) is 2.30. The number of rotatable bonds is 1. The Morgan fingerprint density at radius 1 is 1.57 bits per heavy atom. The van der Waals surface area contributed by atoms with Gasteiger partial charge in [-0.15, -0.1) is 0 Å². The molecule has 0 spiro atoms. The van der Waals surface area contributed by atoms with Crippen LogP contribution in [0.1, 0.15) is 33.6 Å². The first-order valence-electron chi connectivity index (χ1n) is 4.69. The summed E-state index contributed by atoms with van der Waals surface area (Å²) in [5.41, 5.74) is 3.98. The number of carboxylic acids is 1. The average molecular weight is 202 g/mol. The summed E-state index contributed by atoms with van der Waals surface area (Å²) in [7, 11) is 0. The molecule has 1 aliphatic heterocycles. The second-order valence-electron chi connectivity index (χ2n) is 4.85. The van der Waals surface area contributed by atoms with Gasteiger partial charge < -0.3 is 16.0 Å². The molecule has 0 aromatic heterocycles. The van der Waals surface area contributed by atoms with E-state index in [2.05, 4.69) is 0 Å². The number of carbonyl (C=O) groups is 1. The molecule has 0 radical (unpaired) electrons. The van der Waals surface area contributed by atoms with Gasteiger partial charge in [-0.3, -0.25) is 4.79 Å². The monoisotopic (exact) mass is 202 g/mol. The van der Waals surface area contributed by atoms with Crippen LogP contribution in [0.2, 0.25) is 0 Å². The lowest BCUT2D eigenvalue weighted by molar-refractivity contribution is -0.220. The van der Waals surface area contributed by atoms with Crippen LogP contribution < -0.4 is 5.73 Å². The number of hydrogen-bond acceptors (Lipinski definition) is 4. The Hall–Kier alpha value is -0.650. The molecule has 1 saturated heterocycles. The minimum atomic E-state index is -1.22. The van der Waals surface area contributed by atoms with Gasteiger partial charge in [0.05, 0.1) is 0 Å². The van der Waals surface area contributed by atoms with Gasteiger partial charge in [0.15, 0.2) is 0 Å². The standard InChI is InChI=1S/C9H18N2O3/c1-6-4-9(10,7(12)13)5-8(2,3)11(6)14/h6,14H,4-5,10H2,1-3H3,(H,12,13). The van der Waals surface area contributed by atoms with E-state index in [1.807, 2.05) is 0 Å². The van der Waals surface area contributed by atoms with Crippen molar-refractivity contribution in [3.05, 3.63) is 0 Å². The van der Waals surface area contributed by atoms with Crippen molar-refractivity contribution >= 4 is 5.97 Å². The van der Waals surface area contributed by atoms with Gasteiger partial charge in [0.2, 0.25) is 0 Å². The fourth-order valence-corrected chi connectivity index (χ4v) is 2.30. The molecule has 0 bridgehead atoms. The first kappa shape index (κ1) is 11.4. The van der Waals surface area contributed by atoms with Crippen LogP contribution in [-0.4, -0.2) is 38.5 Å². The summed E-state index contributed by atoms with van der Waals surface area (Å²) in [5, 5.41) is 19.9. The van der Waals surface area contributed by atoms with Crippen LogP contribution in [0.4, 0.5) is 0 Å². The highest BCUT2D eigenvalue weighted by Gasteiger charge is 2.49. The molecular weight excluding hydrogens is 184 g/mol. The normalized spacial score (nSPS) is 38.2. The van der Waals surface area contributed by atoms with Crippen LogP contribution in [0.3, 0.4) is 0 Å². The quantitative estimate of drug-likeness (QED) is 0.573. The summed E-state index contributed by atoms with van der Waals surface area (Å²) in [6.45, 7) is 5.34. The average Bonchev–Trinajstić information content (AvgIpc) is 1.99. The zero-order valence-corrected chi connectivity index (χ0v) is 8.82. The number of carboxylic acid groups (broad SMARTS) is 1. The van der Waals surface area contributed by atoms with Crippen LogP contribution in [0.25, 0.3) is 0 Å². The second-order valence-corrected chi connectivity index (χ2v) is 4.85. The molecule has 1 aliphatic rings. The highest BCUT2D eigenvalue weighted by atomic mass is 16.5. The molecule has 1 heterocycles. The van der Waals surface area contributed by atoms with E-state index in [0.29, 0.717) is 0 Å². The number of piperidine rings is 1. The van der Waals surface area contributed by atoms with Crippen LogP contribution in [0, 0.1) is 0 Å². The number of nitrogens with zero attached hydrogens (tertiary/aromatic N) is 1. The predicted octanol–water partition coefficient (Wildman–Crippen LogP) is 0.421. The topological polar surface area (TPSA) is 86.8 Å². The van der Waals surface area contributed by atoms with Gasteiger partial charge in [0.1, 0.15) is 5.54 Å². The van der Waals surface area contributed by atoms with E-state index in [4.69, 9.17) is 10.8 Å². The molecule has 2 unspecified atom stereocenters. The SMILES string of the molecule is CC1CC(N)(C(=O)O)CC(C)(C)N1O. The van der Waals surface area contributed by atoms with E-state index >= 15 is 0 Å². The van der Waals surface area contributed by atoms with E-state index < -0.39 is 17.0 Å². The van der Waals surface area contributed by atoms with Crippen LogP contribution in [-0.2, 0) is 4.79 Å². The molecular formula is C9H18N2O3. The lowest BCUT2D eigenvalue weighted by Gasteiger charge is -2.48. The van der Waals surface area contributed by atoms with Gasteiger partial charge in [0.25, 0.3) is 0 Å². The highest BCUT2D eigenvalue weighted by molar-refractivity contribution is 5.78. The van der Waals surface area contributed by atoms with Crippen molar-refractivity contribution < 1.29 is 15.1 Å². The van der Waals surface area contributed by atoms with Crippen LogP contribution in [0.5, 0.6) is 0 Å². The van der Waals surface area contributed by atoms with Gasteiger partial charge in [-0.05, 0) is 33.6 Å². The minimum Gasteiger partial charge on any atom is -0.480 e. The van der Waals surface area contributed by atoms with Gasteiger partial charge in [-0.1, -0.05) is 0 Å². The lowest BCUT2D eigenvalue weighted by Crippen LogP contribution is -2.65. The summed E-state index contributed by atoms with van der Waals surface area (Å²) in [5.74, 6) is -0.995. The zero-order chi connectivity index (χ0) is 11.1. The maximum atomic E-state index is 11.0. The Balaban J connectivity index is 2.94. The Morgan fingerprint density at radius 2 is 2.07 bits per heavy atom. The smallest absolute Gasteiger partial charge is 0.323 e. The summed E-state index contributed by atoms with van der Waals surface area (Å²) in [4.78, 5) is 11.0. The maximum absolute atomic E-state index is 11.0. The Kier molecular flexibility index (Phi) is 2.60. The van der Waals surface area contributed by atoms with Crippen molar-refractivity contribution in [1.29, 1.82) is 0 Å². The van der Waals surface area contributed by atoms with Crippen molar-refractivity contribution in [2.75, 3.05) is 0 Å². The molecule has 1 rings (SSSR count). The third kappa shape index (κ3) is 1.75. The summed E-state index contributed by atoms with van der Waals surface area (Å²) in [6.07, 6.45) is 0.512. The van der Waals surface area contributed by atoms with Crippen molar-refractivity contribution in [2.45, 2.75) is 50.7 Å². The van der Waals surface area contributed by atoms with Gasteiger partial charge in [0, 0.05) is 11.6 Å². The van der Waals surface area contributed by atoms with Crippen molar-refractivity contribution in [1.82, 2.24) is 5.06 Å².